The van der Waals surface area contributed by atoms with Crippen LogP contribution in [0.25, 0.3) is 0 Å². The summed E-state index contributed by atoms with van der Waals surface area (Å²) in [5, 5.41) is -0.145. The van der Waals surface area contributed by atoms with Gasteiger partial charge in [-0.25, -0.2) is 12.8 Å². The molecule has 0 spiro atoms. The van der Waals surface area contributed by atoms with Gasteiger partial charge in [0.15, 0.2) is 0 Å². The van der Waals surface area contributed by atoms with Gasteiger partial charge in [0.2, 0.25) is 15.9 Å². The minimum Gasteiger partial charge on any atom is -0.339 e. The first-order valence-corrected chi connectivity index (χ1v) is 11.1. The van der Waals surface area contributed by atoms with Crippen LogP contribution < -0.4 is 0 Å². The van der Waals surface area contributed by atoms with Crippen molar-refractivity contribution < 1.29 is 17.6 Å². The molecule has 2 aliphatic heterocycles. The molecule has 0 bridgehead atoms. The molecule has 5 nitrogen and oxygen atoms in total. The van der Waals surface area contributed by atoms with Crippen LogP contribution in [-0.2, 0) is 21.2 Å². The molecule has 8 heteroatoms. The molecule has 142 valence electrons. The maximum Gasteiger partial charge on any atom is 0.243 e. The molecular formula is C19H19FN2O3S2. The fraction of sp³-hybridized carbons (Fsp3) is 0.316. The Balaban J connectivity index is 1.40. The van der Waals surface area contributed by atoms with Crippen LogP contribution in [0.3, 0.4) is 0 Å². The van der Waals surface area contributed by atoms with Crippen molar-refractivity contribution in [2.45, 2.75) is 21.5 Å². The second-order valence-corrected chi connectivity index (χ2v) is 9.79. The summed E-state index contributed by atoms with van der Waals surface area (Å²) in [5.41, 5.74) is 1.19. The highest BCUT2D eigenvalue weighted by Gasteiger charge is 2.35. The maximum absolute atomic E-state index is 13.4. The van der Waals surface area contributed by atoms with E-state index in [2.05, 4.69) is 0 Å². The van der Waals surface area contributed by atoms with E-state index >= 15 is 0 Å². The molecule has 2 aliphatic rings. The third-order valence-corrected chi connectivity index (χ3v) is 8.11. The van der Waals surface area contributed by atoms with E-state index < -0.39 is 15.8 Å². The van der Waals surface area contributed by atoms with Gasteiger partial charge in [0.05, 0.1) is 10.1 Å². The number of hydrogen-bond acceptors (Lipinski definition) is 4. The molecule has 0 radical (unpaired) electrons. The fourth-order valence-corrected chi connectivity index (χ4v) is 6.18. The lowest BCUT2D eigenvalue weighted by molar-refractivity contribution is -0.131. The smallest absolute Gasteiger partial charge is 0.243 e. The van der Waals surface area contributed by atoms with Crippen molar-refractivity contribution in [2.24, 2.45) is 0 Å². The second-order valence-electron chi connectivity index (χ2n) is 6.61. The van der Waals surface area contributed by atoms with Gasteiger partial charge in [-0.15, -0.1) is 11.8 Å². The number of nitrogens with zero attached hydrogens (tertiary/aromatic N) is 2. The molecule has 0 saturated carbocycles. The third kappa shape index (κ3) is 3.61. The molecule has 1 unspecified atom stereocenters. The van der Waals surface area contributed by atoms with Crippen molar-refractivity contribution in [3.05, 3.63) is 59.9 Å². The zero-order valence-electron chi connectivity index (χ0n) is 14.5. The first kappa shape index (κ1) is 18.5. The SMILES string of the molecule is O=C(C1Cc2ccccc2S1)N1CCN(S(=O)(=O)c2cccc(F)c2)CC1. The average Bonchev–Trinajstić information content (AvgIpc) is 3.12. The molecular weight excluding hydrogens is 387 g/mol. The Hall–Kier alpha value is -1.90. The first-order chi connectivity index (χ1) is 12.9. The molecule has 2 aromatic rings. The van der Waals surface area contributed by atoms with Crippen LogP contribution in [-0.4, -0.2) is 55.0 Å². The Morgan fingerprint density at radius 1 is 1.04 bits per heavy atom. The molecule has 2 aromatic carbocycles. The van der Waals surface area contributed by atoms with Crippen LogP contribution in [0.4, 0.5) is 4.39 Å². The largest absolute Gasteiger partial charge is 0.339 e. The Morgan fingerprint density at radius 3 is 2.48 bits per heavy atom. The van der Waals surface area contributed by atoms with Gasteiger partial charge in [-0.2, -0.15) is 4.31 Å². The number of sulfonamides is 1. The first-order valence-electron chi connectivity index (χ1n) is 8.74. The molecule has 27 heavy (non-hydrogen) atoms. The number of fused-ring (bicyclic) bond motifs is 1. The van der Waals surface area contributed by atoms with E-state index in [1.54, 1.807) is 16.7 Å². The summed E-state index contributed by atoms with van der Waals surface area (Å²) in [5.74, 6) is -0.526. The summed E-state index contributed by atoms with van der Waals surface area (Å²) >= 11 is 1.58. The van der Waals surface area contributed by atoms with Crippen LogP contribution in [0.1, 0.15) is 5.56 Å². The number of rotatable bonds is 3. The van der Waals surface area contributed by atoms with E-state index in [1.807, 2.05) is 24.3 Å². The lowest BCUT2D eigenvalue weighted by atomic mass is 10.1. The average molecular weight is 407 g/mol. The van der Waals surface area contributed by atoms with Crippen LogP contribution >= 0.6 is 11.8 Å². The van der Waals surface area contributed by atoms with E-state index in [0.29, 0.717) is 19.5 Å². The molecule has 0 aromatic heterocycles. The van der Waals surface area contributed by atoms with Gasteiger partial charge in [0, 0.05) is 31.1 Å². The second kappa shape index (κ2) is 7.26. The summed E-state index contributed by atoms with van der Waals surface area (Å²) in [7, 11) is -3.75. The van der Waals surface area contributed by atoms with Crippen molar-refractivity contribution >= 4 is 27.7 Å². The lowest BCUT2D eigenvalue weighted by Gasteiger charge is -2.35. The van der Waals surface area contributed by atoms with E-state index in [9.17, 15) is 17.6 Å². The molecule has 0 N–H and O–H groups in total. The van der Waals surface area contributed by atoms with Crippen molar-refractivity contribution in [3.63, 3.8) is 0 Å². The fourth-order valence-electron chi connectivity index (χ4n) is 3.45. The highest BCUT2D eigenvalue weighted by molar-refractivity contribution is 8.01. The van der Waals surface area contributed by atoms with Crippen LogP contribution in [0.5, 0.6) is 0 Å². The number of piperazine rings is 1. The monoisotopic (exact) mass is 406 g/mol. The Labute approximate surface area is 162 Å². The van der Waals surface area contributed by atoms with E-state index in [-0.39, 0.29) is 29.1 Å². The molecule has 0 aliphatic carbocycles. The summed E-state index contributed by atoms with van der Waals surface area (Å²) in [6.45, 7) is 1.13. The van der Waals surface area contributed by atoms with Crippen molar-refractivity contribution in [1.29, 1.82) is 0 Å². The summed E-state index contributed by atoms with van der Waals surface area (Å²) in [4.78, 5) is 15.7. The van der Waals surface area contributed by atoms with Gasteiger partial charge in [0.25, 0.3) is 0 Å². The quantitative estimate of drug-likeness (QED) is 0.785. The van der Waals surface area contributed by atoms with Gasteiger partial charge in [-0.1, -0.05) is 24.3 Å². The molecule has 1 fully saturated rings. The molecule has 4 rings (SSSR count). The number of halogens is 1. The van der Waals surface area contributed by atoms with Crippen molar-refractivity contribution in [2.75, 3.05) is 26.2 Å². The van der Waals surface area contributed by atoms with E-state index in [4.69, 9.17) is 0 Å². The number of benzene rings is 2. The topological polar surface area (TPSA) is 57.7 Å². The third-order valence-electron chi connectivity index (χ3n) is 4.91. The number of amides is 1. The van der Waals surface area contributed by atoms with Crippen LogP contribution in [0.2, 0.25) is 0 Å². The van der Waals surface area contributed by atoms with Crippen molar-refractivity contribution in [3.8, 4) is 0 Å². The standard InChI is InChI=1S/C19H19FN2O3S2/c20-15-5-3-6-16(13-15)27(24,25)22-10-8-21(9-11-22)19(23)18-12-14-4-1-2-7-17(14)26-18/h1-7,13,18H,8-12H2. The minimum atomic E-state index is -3.75. The molecule has 1 saturated heterocycles. The van der Waals surface area contributed by atoms with E-state index in [1.165, 1.54) is 28.1 Å². The van der Waals surface area contributed by atoms with Gasteiger partial charge in [0.1, 0.15) is 5.82 Å². The molecule has 2 heterocycles. The Bertz CT molecular complexity index is 947. The highest BCUT2D eigenvalue weighted by Crippen LogP contribution is 2.37. The van der Waals surface area contributed by atoms with Gasteiger partial charge >= 0.3 is 0 Å². The van der Waals surface area contributed by atoms with Gasteiger partial charge in [-0.05, 0) is 36.2 Å². The Morgan fingerprint density at radius 2 is 1.78 bits per heavy atom. The van der Waals surface area contributed by atoms with Crippen LogP contribution in [0, 0.1) is 5.82 Å². The van der Waals surface area contributed by atoms with Gasteiger partial charge in [-0.3, -0.25) is 4.79 Å². The number of thioether (sulfide) groups is 1. The van der Waals surface area contributed by atoms with Crippen molar-refractivity contribution in [1.82, 2.24) is 9.21 Å². The number of hydrogen-bond donors (Lipinski definition) is 0. The molecule has 1 atom stereocenters. The minimum absolute atomic E-state index is 0.0518. The molecule has 1 amide bonds. The predicted octanol–water partition coefficient (Wildman–Crippen LogP) is 2.38. The van der Waals surface area contributed by atoms with E-state index in [0.717, 1.165) is 11.0 Å². The lowest BCUT2D eigenvalue weighted by Crippen LogP contribution is -2.52. The number of carbonyl (C=O) groups excluding carboxylic acids is 1. The van der Waals surface area contributed by atoms with Crippen LogP contribution in [0.15, 0.2) is 58.3 Å². The predicted molar refractivity (Wildman–Crippen MR) is 102 cm³/mol. The van der Waals surface area contributed by atoms with Gasteiger partial charge < -0.3 is 4.90 Å². The number of carbonyl (C=O) groups is 1. The summed E-state index contributed by atoms with van der Waals surface area (Å²) in [6.07, 6.45) is 0.710. The zero-order valence-corrected chi connectivity index (χ0v) is 16.2. The zero-order chi connectivity index (χ0) is 19.0. The Kier molecular flexibility index (Phi) is 4.96. The summed E-state index contributed by atoms with van der Waals surface area (Å²) < 4.78 is 40.0. The normalized spacial score (nSPS) is 20.5. The maximum atomic E-state index is 13.4. The summed E-state index contributed by atoms with van der Waals surface area (Å²) in [6, 6.07) is 13.0. The highest BCUT2D eigenvalue weighted by atomic mass is 32.2.